The van der Waals surface area contributed by atoms with Gasteiger partial charge in [0, 0.05) is 12.6 Å². The van der Waals surface area contributed by atoms with Gasteiger partial charge in [0.1, 0.15) is 5.69 Å². The summed E-state index contributed by atoms with van der Waals surface area (Å²) in [5.41, 5.74) is 3.16. The number of aromatic nitrogens is 2. The van der Waals surface area contributed by atoms with Crippen molar-refractivity contribution >= 4 is 17.6 Å². The fraction of sp³-hybridized carbons (Fsp3) is 0.312. The molecule has 0 bridgehead atoms. The molecule has 1 aliphatic rings. The van der Waals surface area contributed by atoms with E-state index in [-0.39, 0.29) is 17.6 Å². The predicted molar refractivity (Wildman–Crippen MR) is 81.0 cm³/mol. The van der Waals surface area contributed by atoms with Gasteiger partial charge in [0.2, 0.25) is 5.91 Å². The minimum atomic E-state index is -0.984. The Morgan fingerprint density at radius 2 is 2.23 bits per heavy atom. The van der Waals surface area contributed by atoms with Gasteiger partial charge in [-0.15, -0.1) is 0 Å². The molecule has 22 heavy (non-hydrogen) atoms. The summed E-state index contributed by atoms with van der Waals surface area (Å²) in [6.45, 7) is 1.47. The number of carbonyl (C=O) groups is 2. The predicted octanol–water partition coefficient (Wildman–Crippen LogP) is 2.47. The van der Waals surface area contributed by atoms with Crippen molar-refractivity contribution in [3.05, 3.63) is 47.5 Å². The van der Waals surface area contributed by atoms with Crippen LogP contribution in [0.15, 0.2) is 30.7 Å². The number of aryl methyl sites for hydroxylation is 1. The van der Waals surface area contributed by atoms with Crippen LogP contribution < -0.4 is 5.32 Å². The third-order valence-corrected chi connectivity index (χ3v) is 3.97. The average Bonchev–Trinajstić information content (AvgIpc) is 2.95. The first-order valence-corrected chi connectivity index (χ1v) is 7.22. The fourth-order valence-corrected chi connectivity index (χ4v) is 3.06. The molecular weight excluding hydrogens is 282 g/mol. The Labute approximate surface area is 127 Å². The standard InChI is InChI=1S/C16H17N3O3/c1-10(20)18-12-6-5-11-3-2-4-14(13(11)7-12)19-9-17-8-15(19)16(21)22/h5-9,14H,2-4H2,1H3,(H,18,20)(H,21,22). The number of rotatable bonds is 3. The lowest BCUT2D eigenvalue weighted by molar-refractivity contribution is -0.114. The maximum absolute atomic E-state index is 11.3. The van der Waals surface area contributed by atoms with Crippen LogP contribution in [-0.2, 0) is 11.2 Å². The lowest BCUT2D eigenvalue weighted by Crippen LogP contribution is -2.20. The molecule has 1 amide bonds. The zero-order valence-corrected chi connectivity index (χ0v) is 12.2. The lowest BCUT2D eigenvalue weighted by Gasteiger charge is -2.28. The van der Waals surface area contributed by atoms with Gasteiger partial charge in [-0.3, -0.25) is 4.79 Å². The summed E-state index contributed by atoms with van der Waals surface area (Å²) in [7, 11) is 0. The fourth-order valence-electron chi connectivity index (χ4n) is 3.06. The van der Waals surface area contributed by atoms with Crippen molar-refractivity contribution in [2.45, 2.75) is 32.2 Å². The maximum Gasteiger partial charge on any atom is 0.354 e. The number of carbonyl (C=O) groups excluding carboxylic acids is 1. The van der Waals surface area contributed by atoms with Gasteiger partial charge in [-0.25, -0.2) is 9.78 Å². The molecule has 1 atom stereocenters. The van der Waals surface area contributed by atoms with Crippen LogP contribution >= 0.6 is 0 Å². The van der Waals surface area contributed by atoms with Gasteiger partial charge in [0.05, 0.1) is 18.6 Å². The van der Waals surface area contributed by atoms with E-state index in [1.54, 1.807) is 10.9 Å². The highest BCUT2D eigenvalue weighted by Crippen LogP contribution is 2.35. The van der Waals surface area contributed by atoms with Gasteiger partial charge in [-0.05, 0) is 42.5 Å². The van der Waals surface area contributed by atoms with Crippen LogP contribution in [0, 0.1) is 0 Å². The number of amides is 1. The Morgan fingerprint density at radius 3 is 2.95 bits per heavy atom. The molecule has 1 aliphatic carbocycles. The number of carboxylic acid groups (broad SMARTS) is 1. The van der Waals surface area contributed by atoms with E-state index in [0.717, 1.165) is 30.5 Å². The second-order valence-corrected chi connectivity index (χ2v) is 5.49. The number of benzene rings is 1. The number of carboxylic acids is 1. The van der Waals surface area contributed by atoms with Gasteiger partial charge in [-0.2, -0.15) is 0 Å². The van der Waals surface area contributed by atoms with Crippen molar-refractivity contribution in [3.63, 3.8) is 0 Å². The largest absolute Gasteiger partial charge is 0.477 e. The van der Waals surface area contributed by atoms with Gasteiger partial charge in [0.15, 0.2) is 0 Å². The lowest BCUT2D eigenvalue weighted by atomic mass is 9.87. The molecule has 0 fully saturated rings. The third-order valence-electron chi connectivity index (χ3n) is 3.97. The van der Waals surface area contributed by atoms with Crippen molar-refractivity contribution in [1.82, 2.24) is 9.55 Å². The SMILES string of the molecule is CC(=O)Nc1ccc2c(c1)C(n1cncc1C(=O)O)CCC2. The normalized spacial score (nSPS) is 16.9. The number of anilines is 1. The Morgan fingerprint density at radius 1 is 1.41 bits per heavy atom. The number of fused-ring (bicyclic) bond motifs is 1. The van der Waals surface area contributed by atoms with E-state index in [0.29, 0.717) is 0 Å². The zero-order valence-electron chi connectivity index (χ0n) is 12.2. The highest BCUT2D eigenvalue weighted by Gasteiger charge is 2.25. The summed E-state index contributed by atoms with van der Waals surface area (Å²) >= 11 is 0. The minimum absolute atomic E-state index is 0.0638. The van der Waals surface area contributed by atoms with Crippen molar-refractivity contribution in [2.75, 3.05) is 5.32 Å². The smallest absolute Gasteiger partial charge is 0.354 e. The molecule has 2 aromatic rings. The molecule has 1 aromatic carbocycles. The van der Waals surface area contributed by atoms with Crippen LogP contribution in [0.4, 0.5) is 5.69 Å². The quantitative estimate of drug-likeness (QED) is 0.912. The van der Waals surface area contributed by atoms with E-state index in [4.69, 9.17) is 0 Å². The molecule has 6 heteroatoms. The highest BCUT2D eigenvalue weighted by atomic mass is 16.4. The molecule has 6 nitrogen and oxygen atoms in total. The Bertz CT molecular complexity index is 736. The van der Waals surface area contributed by atoms with Crippen molar-refractivity contribution in [1.29, 1.82) is 0 Å². The molecular formula is C16H17N3O3. The van der Waals surface area contributed by atoms with Crippen LogP contribution in [0.25, 0.3) is 0 Å². The highest BCUT2D eigenvalue weighted by molar-refractivity contribution is 5.89. The third kappa shape index (κ3) is 2.59. The molecule has 0 aliphatic heterocycles. The number of hydrogen-bond donors (Lipinski definition) is 2. The first-order valence-electron chi connectivity index (χ1n) is 7.22. The molecule has 1 aromatic heterocycles. The second-order valence-electron chi connectivity index (χ2n) is 5.49. The van der Waals surface area contributed by atoms with E-state index in [1.165, 1.54) is 18.7 Å². The first-order chi connectivity index (χ1) is 10.6. The minimum Gasteiger partial charge on any atom is -0.477 e. The van der Waals surface area contributed by atoms with E-state index in [9.17, 15) is 14.7 Å². The van der Waals surface area contributed by atoms with E-state index in [2.05, 4.69) is 10.3 Å². The van der Waals surface area contributed by atoms with E-state index in [1.807, 2.05) is 18.2 Å². The maximum atomic E-state index is 11.3. The number of nitrogens with zero attached hydrogens (tertiary/aromatic N) is 2. The molecule has 0 radical (unpaired) electrons. The Hall–Kier alpha value is -2.63. The Balaban J connectivity index is 2.04. The monoisotopic (exact) mass is 299 g/mol. The molecule has 3 rings (SSSR count). The molecule has 1 heterocycles. The van der Waals surface area contributed by atoms with Crippen molar-refractivity contribution < 1.29 is 14.7 Å². The molecule has 2 N–H and O–H groups in total. The van der Waals surface area contributed by atoms with Crippen LogP contribution in [0.1, 0.15) is 47.4 Å². The number of imidazole rings is 1. The molecule has 0 spiro atoms. The summed E-state index contributed by atoms with van der Waals surface area (Å²) in [5.74, 6) is -1.11. The van der Waals surface area contributed by atoms with Crippen LogP contribution in [0.3, 0.4) is 0 Å². The molecule has 1 unspecified atom stereocenters. The zero-order chi connectivity index (χ0) is 15.7. The van der Waals surface area contributed by atoms with Gasteiger partial charge in [0.25, 0.3) is 0 Å². The van der Waals surface area contributed by atoms with Gasteiger partial charge >= 0.3 is 5.97 Å². The summed E-state index contributed by atoms with van der Waals surface area (Å²) in [4.78, 5) is 26.5. The van der Waals surface area contributed by atoms with Gasteiger partial charge < -0.3 is 15.0 Å². The average molecular weight is 299 g/mol. The van der Waals surface area contributed by atoms with Crippen LogP contribution in [0.5, 0.6) is 0 Å². The number of nitrogens with one attached hydrogen (secondary N) is 1. The Kier molecular flexibility index (Phi) is 3.66. The summed E-state index contributed by atoms with van der Waals surface area (Å²) < 4.78 is 1.71. The van der Waals surface area contributed by atoms with Crippen molar-refractivity contribution in [3.8, 4) is 0 Å². The summed E-state index contributed by atoms with van der Waals surface area (Å²) in [5, 5.41) is 12.1. The number of hydrogen-bond acceptors (Lipinski definition) is 3. The van der Waals surface area contributed by atoms with Gasteiger partial charge in [-0.1, -0.05) is 6.07 Å². The van der Waals surface area contributed by atoms with E-state index < -0.39 is 5.97 Å². The molecule has 0 saturated carbocycles. The van der Waals surface area contributed by atoms with Crippen molar-refractivity contribution in [2.24, 2.45) is 0 Å². The second kappa shape index (κ2) is 5.63. The molecule has 114 valence electrons. The van der Waals surface area contributed by atoms with Crippen LogP contribution in [-0.4, -0.2) is 26.5 Å². The van der Waals surface area contributed by atoms with E-state index >= 15 is 0 Å². The topological polar surface area (TPSA) is 84.2 Å². The van der Waals surface area contributed by atoms with Crippen LogP contribution in [0.2, 0.25) is 0 Å². The summed E-state index contributed by atoms with van der Waals surface area (Å²) in [6, 6.07) is 5.76. The number of aromatic carboxylic acids is 1. The summed E-state index contributed by atoms with van der Waals surface area (Å²) in [6.07, 6.45) is 5.74. The molecule has 0 saturated heterocycles. The first kappa shape index (κ1) is 14.3.